The Labute approximate surface area is 126 Å². The van der Waals surface area contributed by atoms with Crippen LogP contribution < -0.4 is 14.8 Å². The van der Waals surface area contributed by atoms with Gasteiger partial charge in [-0.15, -0.1) is 0 Å². The first-order valence-corrected chi connectivity index (χ1v) is 8.25. The van der Waals surface area contributed by atoms with Crippen molar-refractivity contribution >= 4 is 10.0 Å². The number of hydrogen-bond donors (Lipinski definition) is 2. The normalized spacial score (nSPS) is 13.1. The van der Waals surface area contributed by atoms with Gasteiger partial charge in [0.15, 0.2) is 0 Å². The van der Waals surface area contributed by atoms with Crippen LogP contribution in [0, 0.1) is 0 Å². The fraction of sp³-hybridized carbons (Fsp3) is 0.571. The lowest BCUT2D eigenvalue weighted by Crippen LogP contribution is -2.33. The van der Waals surface area contributed by atoms with Crippen LogP contribution in [0.5, 0.6) is 5.75 Å². The van der Waals surface area contributed by atoms with E-state index in [-0.39, 0.29) is 10.9 Å². The molecular weight excluding hydrogens is 292 g/mol. The number of sulfonamides is 1. The van der Waals surface area contributed by atoms with E-state index in [4.69, 9.17) is 9.47 Å². The van der Waals surface area contributed by atoms with Gasteiger partial charge in [0.25, 0.3) is 0 Å². The molecule has 1 aromatic rings. The van der Waals surface area contributed by atoms with Crippen LogP contribution in [-0.2, 0) is 21.3 Å². The van der Waals surface area contributed by atoms with Crippen molar-refractivity contribution in [3.63, 3.8) is 0 Å². The zero-order valence-corrected chi connectivity index (χ0v) is 13.8. The maximum Gasteiger partial charge on any atom is 0.240 e. The second-order valence-electron chi connectivity index (χ2n) is 4.81. The van der Waals surface area contributed by atoms with Gasteiger partial charge in [-0.05, 0) is 38.6 Å². The molecule has 120 valence electrons. The van der Waals surface area contributed by atoms with Crippen LogP contribution in [0.25, 0.3) is 0 Å². The van der Waals surface area contributed by atoms with E-state index in [2.05, 4.69) is 10.0 Å². The van der Waals surface area contributed by atoms with E-state index >= 15 is 0 Å². The molecule has 0 aliphatic carbocycles. The largest absolute Gasteiger partial charge is 0.496 e. The first-order chi connectivity index (χ1) is 9.94. The number of rotatable bonds is 9. The van der Waals surface area contributed by atoms with Crippen molar-refractivity contribution in [2.75, 3.05) is 27.9 Å². The molecule has 0 fully saturated rings. The summed E-state index contributed by atoms with van der Waals surface area (Å²) in [5.41, 5.74) is 0.799. The number of ether oxygens (including phenoxy) is 2. The lowest BCUT2D eigenvalue weighted by atomic mass is 10.2. The molecule has 1 atom stereocenters. The summed E-state index contributed by atoms with van der Waals surface area (Å²) in [7, 11) is 1.41. The monoisotopic (exact) mass is 316 g/mol. The Morgan fingerprint density at radius 3 is 2.57 bits per heavy atom. The third-order valence-corrected chi connectivity index (χ3v) is 4.63. The zero-order valence-electron chi connectivity index (χ0n) is 13.0. The predicted octanol–water partition coefficient (Wildman–Crippen LogP) is 1.12. The van der Waals surface area contributed by atoms with E-state index in [0.29, 0.717) is 25.3 Å². The van der Waals surface area contributed by atoms with E-state index in [1.54, 1.807) is 39.5 Å². The summed E-state index contributed by atoms with van der Waals surface area (Å²) in [5, 5.41) is 2.99. The minimum atomic E-state index is -3.54. The van der Waals surface area contributed by atoms with Gasteiger partial charge < -0.3 is 14.8 Å². The van der Waals surface area contributed by atoms with Crippen molar-refractivity contribution in [1.29, 1.82) is 0 Å². The van der Waals surface area contributed by atoms with E-state index in [9.17, 15) is 8.42 Å². The van der Waals surface area contributed by atoms with Crippen molar-refractivity contribution in [2.45, 2.75) is 30.8 Å². The molecule has 0 aliphatic heterocycles. The van der Waals surface area contributed by atoms with Crippen LogP contribution in [0.4, 0.5) is 0 Å². The average molecular weight is 316 g/mol. The van der Waals surface area contributed by atoms with Gasteiger partial charge >= 0.3 is 0 Å². The number of benzene rings is 1. The molecule has 0 saturated heterocycles. The minimum Gasteiger partial charge on any atom is -0.496 e. The number of hydrogen-bond acceptors (Lipinski definition) is 5. The van der Waals surface area contributed by atoms with Crippen LogP contribution in [0.3, 0.4) is 0 Å². The Bertz CT molecular complexity index is 546. The van der Waals surface area contributed by atoms with Crippen molar-refractivity contribution < 1.29 is 17.9 Å². The molecule has 1 aromatic carbocycles. The number of nitrogens with one attached hydrogen (secondary N) is 2. The molecule has 0 amide bonds. The number of methoxy groups -OCH3 is 2. The van der Waals surface area contributed by atoms with Crippen LogP contribution in [0.1, 0.15) is 18.9 Å². The van der Waals surface area contributed by atoms with Crippen molar-refractivity contribution in [2.24, 2.45) is 0 Å². The lowest BCUT2D eigenvalue weighted by Gasteiger charge is -2.15. The van der Waals surface area contributed by atoms with E-state index < -0.39 is 10.0 Å². The third kappa shape index (κ3) is 5.28. The highest BCUT2D eigenvalue weighted by Crippen LogP contribution is 2.22. The Morgan fingerprint density at radius 1 is 1.29 bits per heavy atom. The Hall–Kier alpha value is -1.15. The van der Waals surface area contributed by atoms with Gasteiger partial charge in [0.1, 0.15) is 5.75 Å². The second-order valence-corrected chi connectivity index (χ2v) is 6.52. The predicted molar refractivity (Wildman–Crippen MR) is 82.0 cm³/mol. The van der Waals surface area contributed by atoms with Gasteiger partial charge in [0.05, 0.1) is 12.0 Å². The summed E-state index contributed by atoms with van der Waals surface area (Å²) in [6.07, 6.45) is 0.620. The van der Waals surface area contributed by atoms with Gasteiger partial charge in [-0.2, -0.15) is 0 Å². The summed E-state index contributed by atoms with van der Waals surface area (Å²) in [6.45, 7) is 2.86. The van der Waals surface area contributed by atoms with Crippen molar-refractivity contribution in [3.05, 3.63) is 23.8 Å². The van der Waals surface area contributed by atoms with Crippen LogP contribution in [-0.4, -0.2) is 42.3 Å². The van der Waals surface area contributed by atoms with Crippen LogP contribution in [0.2, 0.25) is 0 Å². The topological polar surface area (TPSA) is 76.7 Å². The first-order valence-electron chi connectivity index (χ1n) is 6.77. The standard InChI is InChI=1S/C14H24N2O4S/c1-11(7-8-19-3)16-21(17,18)13-5-6-14(20-4)12(9-13)10-15-2/h5-6,9,11,15-16H,7-8,10H2,1-4H3. The quantitative estimate of drug-likeness (QED) is 0.714. The Morgan fingerprint density at radius 2 is 2.00 bits per heavy atom. The first kappa shape index (κ1) is 17.9. The Kier molecular flexibility index (Phi) is 7.10. The molecule has 0 spiro atoms. The molecule has 2 N–H and O–H groups in total. The average Bonchev–Trinajstić information content (AvgIpc) is 2.45. The smallest absolute Gasteiger partial charge is 0.240 e. The molecule has 6 nitrogen and oxygen atoms in total. The molecule has 0 saturated carbocycles. The highest BCUT2D eigenvalue weighted by molar-refractivity contribution is 7.89. The molecule has 21 heavy (non-hydrogen) atoms. The minimum absolute atomic E-state index is 0.190. The van der Waals surface area contributed by atoms with E-state index in [1.165, 1.54) is 0 Å². The Balaban J connectivity index is 2.94. The van der Waals surface area contributed by atoms with E-state index in [1.807, 2.05) is 6.92 Å². The molecule has 0 heterocycles. The molecule has 1 rings (SSSR count). The van der Waals surface area contributed by atoms with Gasteiger partial charge in [-0.1, -0.05) is 0 Å². The lowest BCUT2D eigenvalue weighted by molar-refractivity contribution is 0.188. The second kappa shape index (κ2) is 8.33. The fourth-order valence-corrected chi connectivity index (χ4v) is 3.27. The summed E-state index contributed by atoms with van der Waals surface area (Å²) in [4.78, 5) is 0.234. The summed E-state index contributed by atoms with van der Waals surface area (Å²) >= 11 is 0. The molecule has 0 aliphatic rings. The third-order valence-electron chi connectivity index (χ3n) is 3.04. The summed E-state index contributed by atoms with van der Waals surface area (Å²) in [6, 6.07) is 4.65. The molecule has 7 heteroatoms. The molecule has 1 unspecified atom stereocenters. The van der Waals surface area contributed by atoms with Crippen molar-refractivity contribution in [1.82, 2.24) is 10.0 Å². The van der Waals surface area contributed by atoms with Crippen LogP contribution in [0.15, 0.2) is 23.1 Å². The molecule has 0 radical (unpaired) electrons. The molecule has 0 bridgehead atoms. The SMILES string of the molecule is CNCc1cc(S(=O)(=O)NC(C)CCOC)ccc1OC. The van der Waals surface area contributed by atoms with Crippen molar-refractivity contribution in [3.8, 4) is 5.75 Å². The van der Waals surface area contributed by atoms with Gasteiger partial charge in [-0.3, -0.25) is 0 Å². The van der Waals surface area contributed by atoms with Gasteiger partial charge in [0.2, 0.25) is 10.0 Å². The molecular formula is C14H24N2O4S. The zero-order chi connectivity index (χ0) is 15.9. The summed E-state index contributed by atoms with van der Waals surface area (Å²) in [5.74, 6) is 0.663. The maximum absolute atomic E-state index is 12.3. The van der Waals surface area contributed by atoms with Gasteiger partial charge in [0, 0.05) is 31.9 Å². The fourth-order valence-electron chi connectivity index (χ4n) is 1.94. The summed E-state index contributed by atoms with van der Waals surface area (Å²) < 4.78 is 37.5. The highest BCUT2D eigenvalue weighted by atomic mass is 32.2. The van der Waals surface area contributed by atoms with Gasteiger partial charge in [-0.25, -0.2) is 13.1 Å². The maximum atomic E-state index is 12.3. The highest BCUT2D eigenvalue weighted by Gasteiger charge is 2.18. The molecule has 0 aromatic heterocycles. The van der Waals surface area contributed by atoms with E-state index in [0.717, 1.165) is 5.56 Å². The van der Waals surface area contributed by atoms with Crippen LogP contribution >= 0.6 is 0 Å².